The van der Waals surface area contributed by atoms with Crippen LogP contribution >= 0.6 is 0 Å². The third-order valence-electron chi connectivity index (χ3n) is 6.07. The normalized spacial score (nSPS) is 18.4. The van der Waals surface area contributed by atoms with E-state index in [1.165, 1.54) is 25.3 Å². The maximum atomic E-state index is 14.0. The van der Waals surface area contributed by atoms with E-state index in [1.807, 2.05) is 0 Å². The van der Waals surface area contributed by atoms with Crippen molar-refractivity contribution in [2.45, 2.75) is 66.0 Å². The molecule has 0 aliphatic carbocycles. The topological polar surface area (TPSA) is 78.9 Å². The molecule has 2 rings (SSSR count). The fourth-order valence-corrected chi connectivity index (χ4v) is 4.04. The lowest BCUT2D eigenvalue weighted by atomic mass is 9.78. The van der Waals surface area contributed by atoms with Crippen LogP contribution in [0.5, 0.6) is 0 Å². The number of carbonyl (C=O) groups excluding carboxylic acids is 2. The monoisotopic (exact) mass is 436 g/mol. The maximum Gasteiger partial charge on any atom is 0.311 e. The van der Waals surface area contributed by atoms with Gasteiger partial charge in [-0.3, -0.25) is 14.5 Å². The molecule has 0 bridgehead atoms. The number of likely N-dealkylation sites (tertiary alicyclic amines) is 1. The number of methoxy groups -OCH3 is 1. The number of ether oxygens (including phenoxy) is 1. The van der Waals surface area contributed by atoms with Gasteiger partial charge in [-0.2, -0.15) is 0 Å². The molecule has 6 nitrogen and oxygen atoms in total. The van der Waals surface area contributed by atoms with E-state index >= 15 is 0 Å². The van der Waals surface area contributed by atoms with E-state index in [2.05, 4.69) is 31.0 Å². The molecule has 1 fully saturated rings. The number of amides is 1. The Bertz CT molecular complexity index is 790. The van der Waals surface area contributed by atoms with Gasteiger partial charge >= 0.3 is 5.97 Å². The number of hydrogen-bond donors (Lipinski definition) is 2. The number of halogens is 1. The zero-order valence-corrected chi connectivity index (χ0v) is 19.8. The molecule has 7 heteroatoms. The summed E-state index contributed by atoms with van der Waals surface area (Å²) in [5, 5.41) is 14.0. The highest BCUT2D eigenvalue weighted by atomic mass is 19.1. The Morgan fingerprint density at radius 2 is 1.74 bits per heavy atom. The minimum Gasteiger partial charge on any atom is -0.469 e. The molecule has 2 unspecified atom stereocenters. The van der Waals surface area contributed by atoms with Crippen LogP contribution in [-0.4, -0.2) is 47.6 Å². The number of hydrogen-bond acceptors (Lipinski definition) is 5. The predicted molar refractivity (Wildman–Crippen MR) is 119 cm³/mol. The van der Waals surface area contributed by atoms with Crippen molar-refractivity contribution in [3.8, 4) is 0 Å². The van der Waals surface area contributed by atoms with Crippen LogP contribution in [0.3, 0.4) is 0 Å². The molecule has 2 N–H and O–H groups in total. The van der Waals surface area contributed by atoms with Gasteiger partial charge in [0.2, 0.25) is 5.91 Å². The molecule has 0 saturated carbocycles. The van der Waals surface area contributed by atoms with Crippen LogP contribution in [0.4, 0.5) is 10.1 Å². The molecule has 0 spiro atoms. The zero-order chi connectivity index (χ0) is 23.6. The third kappa shape index (κ3) is 6.26. The van der Waals surface area contributed by atoms with Crippen molar-refractivity contribution in [1.82, 2.24) is 4.90 Å². The molecular formula is C24H37FN2O4. The second kappa shape index (κ2) is 9.65. The maximum absolute atomic E-state index is 14.0. The lowest BCUT2D eigenvalue weighted by Gasteiger charge is -2.43. The van der Waals surface area contributed by atoms with Gasteiger partial charge in [0.1, 0.15) is 5.82 Å². The van der Waals surface area contributed by atoms with Crippen LogP contribution in [0.1, 0.15) is 66.1 Å². The first kappa shape index (κ1) is 25.3. The number of nitrogens with zero attached hydrogens (tertiary/aromatic N) is 1. The Morgan fingerprint density at radius 3 is 2.23 bits per heavy atom. The summed E-state index contributed by atoms with van der Waals surface area (Å²) in [6, 6.07) is 3.83. The molecule has 0 aromatic heterocycles. The standard InChI is InChI=1S/C24H37FN2O4/c1-23(2,3)22(30)26-18-14-16(25)8-9-17(18)20(28)19(21(29)31-7)15-10-12-27(13-11-15)24(4,5)6/h8-9,14-15,19-20,28H,10-13H2,1-7H3,(H,26,30). The van der Waals surface area contributed by atoms with Crippen molar-refractivity contribution < 1.29 is 23.8 Å². The number of aliphatic hydroxyl groups is 1. The highest BCUT2D eigenvalue weighted by Crippen LogP contribution is 2.39. The number of aliphatic hydroxyl groups excluding tert-OH is 1. The number of benzene rings is 1. The third-order valence-corrected chi connectivity index (χ3v) is 6.07. The van der Waals surface area contributed by atoms with Crippen molar-refractivity contribution in [2.24, 2.45) is 17.3 Å². The van der Waals surface area contributed by atoms with E-state index in [0.29, 0.717) is 5.56 Å². The number of esters is 1. The van der Waals surface area contributed by atoms with Crippen LogP contribution in [0.15, 0.2) is 18.2 Å². The van der Waals surface area contributed by atoms with Crippen LogP contribution in [0, 0.1) is 23.1 Å². The summed E-state index contributed by atoms with van der Waals surface area (Å²) in [5.74, 6) is -2.23. The van der Waals surface area contributed by atoms with Gasteiger partial charge < -0.3 is 15.2 Å². The Balaban J connectivity index is 2.33. The molecule has 1 saturated heterocycles. The van der Waals surface area contributed by atoms with Gasteiger partial charge in [-0.1, -0.05) is 26.8 Å². The highest BCUT2D eigenvalue weighted by molar-refractivity contribution is 5.95. The fourth-order valence-electron chi connectivity index (χ4n) is 4.04. The summed E-state index contributed by atoms with van der Waals surface area (Å²) >= 11 is 0. The Labute approximate surface area is 185 Å². The largest absolute Gasteiger partial charge is 0.469 e. The molecule has 0 radical (unpaired) electrons. The molecule has 1 heterocycles. The Kier molecular flexibility index (Phi) is 7.87. The molecule has 1 amide bonds. The second-order valence-corrected chi connectivity index (χ2v) is 10.4. The minimum absolute atomic E-state index is 0.0334. The summed E-state index contributed by atoms with van der Waals surface area (Å²) in [6.07, 6.45) is 0.243. The highest BCUT2D eigenvalue weighted by Gasteiger charge is 2.40. The van der Waals surface area contributed by atoms with Crippen LogP contribution in [0.25, 0.3) is 0 Å². The Hall–Kier alpha value is -1.99. The first-order valence-electron chi connectivity index (χ1n) is 10.9. The van der Waals surface area contributed by atoms with Crippen LogP contribution < -0.4 is 5.32 Å². The first-order valence-corrected chi connectivity index (χ1v) is 10.9. The van der Waals surface area contributed by atoms with Crippen LogP contribution in [-0.2, 0) is 14.3 Å². The zero-order valence-electron chi connectivity index (χ0n) is 19.8. The second-order valence-electron chi connectivity index (χ2n) is 10.4. The van der Waals surface area contributed by atoms with Gasteiger partial charge in [0, 0.05) is 22.2 Å². The molecule has 1 aliphatic rings. The quantitative estimate of drug-likeness (QED) is 0.678. The van der Waals surface area contributed by atoms with Gasteiger partial charge in [-0.25, -0.2) is 4.39 Å². The van der Waals surface area contributed by atoms with Crippen molar-refractivity contribution in [1.29, 1.82) is 0 Å². The van der Waals surface area contributed by atoms with E-state index in [1.54, 1.807) is 20.8 Å². The molecule has 1 aromatic rings. The number of carbonyl (C=O) groups is 2. The molecule has 31 heavy (non-hydrogen) atoms. The molecule has 2 atom stereocenters. The van der Waals surface area contributed by atoms with E-state index < -0.39 is 29.2 Å². The molecule has 1 aromatic carbocycles. The number of nitrogens with one attached hydrogen (secondary N) is 1. The van der Waals surface area contributed by atoms with Crippen LogP contribution in [0.2, 0.25) is 0 Å². The lowest BCUT2D eigenvalue weighted by Crippen LogP contribution is -2.48. The van der Waals surface area contributed by atoms with Crippen molar-refractivity contribution in [2.75, 3.05) is 25.5 Å². The summed E-state index contributed by atoms with van der Waals surface area (Å²) in [4.78, 5) is 27.6. The number of anilines is 1. The van der Waals surface area contributed by atoms with Crippen molar-refractivity contribution in [3.63, 3.8) is 0 Å². The van der Waals surface area contributed by atoms with Gasteiger partial charge in [-0.05, 0) is 64.8 Å². The Morgan fingerprint density at radius 1 is 1.16 bits per heavy atom. The van der Waals surface area contributed by atoms with Crippen molar-refractivity contribution >= 4 is 17.6 Å². The van der Waals surface area contributed by atoms with E-state index in [4.69, 9.17) is 4.74 Å². The predicted octanol–water partition coefficient (Wildman–Crippen LogP) is 4.14. The first-order chi connectivity index (χ1) is 14.3. The van der Waals surface area contributed by atoms with Gasteiger partial charge in [-0.15, -0.1) is 0 Å². The van der Waals surface area contributed by atoms with E-state index in [-0.39, 0.29) is 23.1 Å². The van der Waals surface area contributed by atoms with Crippen molar-refractivity contribution in [3.05, 3.63) is 29.6 Å². The summed E-state index contributed by atoms with van der Waals surface area (Å²) in [7, 11) is 1.30. The van der Waals surface area contributed by atoms with E-state index in [9.17, 15) is 19.1 Å². The summed E-state index contributed by atoms with van der Waals surface area (Å²) < 4.78 is 19.0. The minimum atomic E-state index is -1.23. The average molecular weight is 437 g/mol. The molecule has 174 valence electrons. The smallest absolute Gasteiger partial charge is 0.311 e. The molecular weight excluding hydrogens is 399 g/mol. The summed E-state index contributed by atoms with van der Waals surface area (Å²) in [6.45, 7) is 13.3. The fraction of sp³-hybridized carbons (Fsp3) is 0.667. The van der Waals surface area contributed by atoms with Gasteiger partial charge in [0.15, 0.2) is 0 Å². The SMILES string of the molecule is COC(=O)C(C1CCN(C(C)(C)C)CC1)C(O)c1ccc(F)cc1NC(=O)C(C)(C)C. The van der Waals surface area contributed by atoms with Gasteiger partial charge in [0.25, 0.3) is 0 Å². The number of piperidine rings is 1. The lowest BCUT2D eigenvalue weighted by molar-refractivity contribution is -0.154. The average Bonchev–Trinajstić information content (AvgIpc) is 2.67. The van der Waals surface area contributed by atoms with Gasteiger partial charge in [0.05, 0.1) is 19.1 Å². The molecule has 1 aliphatic heterocycles. The van der Waals surface area contributed by atoms with E-state index in [0.717, 1.165) is 25.9 Å². The summed E-state index contributed by atoms with van der Waals surface area (Å²) in [5.41, 5.74) is -0.178. The number of rotatable bonds is 5.